The molecule has 0 aromatic heterocycles. The smallest absolute Gasteiger partial charge is 0.296 e. The summed E-state index contributed by atoms with van der Waals surface area (Å²) in [6.45, 7) is 4.91. The van der Waals surface area contributed by atoms with Gasteiger partial charge in [0, 0.05) is 12.6 Å². The molecule has 6 N–H and O–H groups in total. The van der Waals surface area contributed by atoms with E-state index in [1.165, 1.54) is 6.92 Å². The van der Waals surface area contributed by atoms with E-state index in [4.69, 9.17) is 11.5 Å². The maximum Gasteiger partial charge on any atom is 0.296 e. The molecule has 1 amide bonds. The number of carbonyl (C=O) groups excluding carboxylic acids is 2. The average molecular weight is 385 g/mol. The van der Waals surface area contributed by atoms with Gasteiger partial charge < -0.3 is 21.9 Å². The summed E-state index contributed by atoms with van der Waals surface area (Å²) < 4.78 is 28.9. The Morgan fingerprint density at radius 3 is 2.22 bits per heavy atom. The predicted molar refractivity (Wildman–Crippen MR) is 98.8 cm³/mol. The number of halogens is 2. The first kappa shape index (κ1) is 23.1. The summed E-state index contributed by atoms with van der Waals surface area (Å²) in [5.41, 5.74) is 11.8. The molecule has 0 bridgehead atoms. The van der Waals surface area contributed by atoms with Crippen LogP contribution in [0, 0.1) is 11.8 Å². The number of aliphatic hydroxyl groups is 1. The standard InChI is InChI=1S/C19H29F2N3O3/c1-11(2)9-14(22)17(26)19(20,21)16(23)15(25)12(3)18(27)24-10-13-7-5-4-6-8-13/h4-8,11-12,14,16-17,26H,9-10,22-23H2,1-3H3,(H,24,27). The number of carbonyl (C=O) groups is 2. The predicted octanol–water partition coefficient (Wildman–Crippen LogP) is 1.20. The molecular weight excluding hydrogens is 356 g/mol. The highest BCUT2D eigenvalue weighted by Gasteiger charge is 2.51. The minimum Gasteiger partial charge on any atom is -0.385 e. The van der Waals surface area contributed by atoms with E-state index < -0.39 is 41.7 Å². The van der Waals surface area contributed by atoms with Crippen molar-refractivity contribution >= 4 is 11.7 Å². The molecule has 0 radical (unpaired) electrons. The molecule has 1 aromatic rings. The number of aliphatic hydroxyl groups excluding tert-OH is 1. The molecule has 1 aromatic carbocycles. The van der Waals surface area contributed by atoms with Crippen LogP contribution in [0.3, 0.4) is 0 Å². The Labute approximate surface area is 158 Å². The quantitative estimate of drug-likeness (QED) is 0.452. The van der Waals surface area contributed by atoms with Crippen LogP contribution in [0.2, 0.25) is 0 Å². The lowest BCUT2D eigenvalue weighted by Crippen LogP contribution is -2.60. The first-order valence-corrected chi connectivity index (χ1v) is 8.90. The molecule has 0 heterocycles. The van der Waals surface area contributed by atoms with E-state index in [0.29, 0.717) is 0 Å². The van der Waals surface area contributed by atoms with Crippen molar-refractivity contribution < 1.29 is 23.5 Å². The number of Topliss-reactive ketones (excluding diaryl/α,β-unsaturated/α-hetero) is 1. The maximum absolute atomic E-state index is 14.4. The number of nitrogens with one attached hydrogen (secondary N) is 1. The Morgan fingerprint density at radius 2 is 1.70 bits per heavy atom. The van der Waals surface area contributed by atoms with Crippen LogP contribution in [0.5, 0.6) is 0 Å². The van der Waals surface area contributed by atoms with Gasteiger partial charge in [-0.3, -0.25) is 9.59 Å². The summed E-state index contributed by atoms with van der Waals surface area (Å²) in [6.07, 6.45) is -2.14. The summed E-state index contributed by atoms with van der Waals surface area (Å²) >= 11 is 0. The third kappa shape index (κ3) is 6.34. The van der Waals surface area contributed by atoms with Crippen molar-refractivity contribution in [3.8, 4) is 0 Å². The molecule has 0 aliphatic rings. The fourth-order valence-electron chi connectivity index (χ4n) is 2.67. The average Bonchev–Trinajstić information content (AvgIpc) is 2.63. The molecule has 0 fully saturated rings. The van der Waals surface area contributed by atoms with E-state index in [1.54, 1.807) is 38.1 Å². The minimum atomic E-state index is -3.95. The molecule has 0 saturated heterocycles. The van der Waals surface area contributed by atoms with Gasteiger partial charge in [0.05, 0.1) is 5.92 Å². The Morgan fingerprint density at radius 1 is 1.15 bits per heavy atom. The minimum absolute atomic E-state index is 0.0138. The first-order valence-electron chi connectivity index (χ1n) is 8.90. The topological polar surface area (TPSA) is 118 Å². The molecule has 1 rings (SSSR count). The molecule has 8 heteroatoms. The molecule has 0 spiro atoms. The van der Waals surface area contributed by atoms with Gasteiger partial charge in [0.2, 0.25) is 5.91 Å². The van der Waals surface area contributed by atoms with Crippen LogP contribution in [0.1, 0.15) is 32.8 Å². The van der Waals surface area contributed by atoms with Gasteiger partial charge in [0.15, 0.2) is 5.78 Å². The van der Waals surface area contributed by atoms with Crippen molar-refractivity contribution in [1.82, 2.24) is 5.32 Å². The SMILES string of the molecule is CC(C)CC(N)C(O)C(F)(F)C(N)C(=O)C(C)C(=O)NCc1ccccc1. The van der Waals surface area contributed by atoms with E-state index >= 15 is 0 Å². The highest BCUT2D eigenvalue weighted by molar-refractivity contribution is 6.03. The fraction of sp³-hybridized carbons (Fsp3) is 0.579. The van der Waals surface area contributed by atoms with Crippen LogP contribution < -0.4 is 16.8 Å². The lowest BCUT2D eigenvalue weighted by Gasteiger charge is -2.32. The van der Waals surface area contributed by atoms with Crippen LogP contribution in [-0.4, -0.2) is 40.9 Å². The summed E-state index contributed by atoms with van der Waals surface area (Å²) in [4.78, 5) is 24.4. The zero-order valence-electron chi connectivity index (χ0n) is 15.9. The van der Waals surface area contributed by atoms with Gasteiger partial charge in [-0.05, 0) is 24.8 Å². The van der Waals surface area contributed by atoms with Crippen molar-refractivity contribution in [3.63, 3.8) is 0 Å². The summed E-state index contributed by atoms with van der Waals surface area (Å²) in [6, 6.07) is 5.37. The zero-order valence-corrected chi connectivity index (χ0v) is 15.9. The van der Waals surface area contributed by atoms with Crippen molar-refractivity contribution in [1.29, 1.82) is 0 Å². The van der Waals surface area contributed by atoms with Gasteiger partial charge in [0.1, 0.15) is 12.1 Å². The second kappa shape index (κ2) is 9.87. The van der Waals surface area contributed by atoms with Crippen molar-refractivity contribution in [2.75, 3.05) is 0 Å². The molecule has 0 aliphatic carbocycles. The van der Waals surface area contributed by atoms with E-state index in [0.717, 1.165) is 5.56 Å². The van der Waals surface area contributed by atoms with Gasteiger partial charge in [-0.1, -0.05) is 44.2 Å². The Hall–Kier alpha value is -1.90. The number of ketones is 1. The monoisotopic (exact) mass is 385 g/mol. The number of alkyl halides is 2. The Kier molecular flexibility index (Phi) is 8.46. The molecule has 4 atom stereocenters. The van der Waals surface area contributed by atoms with Crippen LogP contribution in [0.4, 0.5) is 8.78 Å². The van der Waals surface area contributed by atoms with Crippen LogP contribution in [0.25, 0.3) is 0 Å². The van der Waals surface area contributed by atoms with Gasteiger partial charge in [0.25, 0.3) is 5.92 Å². The third-order valence-corrected chi connectivity index (χ3v) is 4.39. The highest BCUT2D eigenvalue weighted by Crippen LogP contribution is 2.27. The number of rotatable bonds is 10. The Balaban J connectivity index is 2.72. The second-order valence-electron chi connectivity index (χ2n) is 7.22. The summed E-state index contributed by atoms with van der Waals surface area (Å²) in [7, 11) is 0. The molecule has 0 saturated carbocycles. The number of hydrogen-bond acceptors (Lipinski definition) is 5. The lowest BCUT2D eigenvalue weighted by molar-refractivity contribution is -0.156. The largest absolute Gasteiger partial charge is 0.385 e. The van der Waals surface area contributed by atoms with E-state index in [-0.39, 0.29) is 18.9 Å². The van der Waals surface area contributed by atoms with E-state index in [2.05, 4.69) is 5.32 Å². The van der Waals surface area contributed by atoms with Crippen LogP contribution in [-0.2, 0) is 16.1 Å². The molecule has 27 heavy (non-hydrogen) atoms. The number of nitrogens with two attached hydrogens (primary N) is 2. The van der Waals surface area contributed by atoms with E-state index in [1.807, 2.05) is 6.07 Å². The highest BCUT2D eigenvalue weighted by atomic mass is 19.3. The number of benzene rings is 1. The van der Waals surface area contributed by atoms with E-state index in [9.17, 15) is 23.5 Å². The number of hydrogen-bond donors (Lipinski definition) is 4. The van der Waals surface area contributed by atoms with Crippen molar-refractivity contribution in [2.24, 2.45) is 23.3 Å². The summed E-state index contributed by atoms with van der Waals surface area (Å²) in [5, 5.41) is 12.4. The molecule has 0 aliphatic heterocycles. The molecule has 152 valence electrons. The third-order valence-electron chi connectivity index (χ3n) is 4.39. The lowest BCUT2D eigenvalue weighted by atomic mass is 9.88. The zero-order chi connectivity index (χ0) is 20.8. The van der Waals surface area contributed by atoms with Crippen molar-refractivity contribution in [2.45, 2.75) is 57.8 Å². The Bertz CT molecular complexity index is 626. The van der Waals surface area contributed by atoms with Gasteiger partial charge in [-0.2, -0.15) is 0 Å². The fourth-order valence-corrected chi connectivity index (χ4v) is 2.67. The van der Waals surface area contributed by atoms with Gasteiger partial charge >= 0.3 is 0 Å². The van der Waals surface area contributed by atoms with Crippen molar-refractivity contribution in [3.05, 3.63) is 35.9 Å². The van der Waals surface area contributed by atoms with Crippen LogP contribution in [0.15, 0.2) is 30.3 Å². The first-order chi connectivity index (χ1) is 12.5. The van der Waals surface area contributed by atoms with Gasteiger partial charge in [-0.15, -0.1) is 0 Å². The summed E-state index contributed by atoms with van der Waals surface area (Å²) in [5.74, 6) is -7.21. The van der Waals surface area contributed by atoms with Crippen LogP contribution >= 0.6 is 0 Å². The molecular formula is C19H29F2N3O3. The second-order valence-corrected chi connectivity index (χ2v) is 7.22. The normalized spacial score (nSPS) is 16.5. The molecule has 4 unspecified atom stereocenters. The maximum atomic E-state index is 14.4. The number of amides is 1. The van der Waals surface area contributed by atoms with Gasteiger partial charge in [-0.25, -0.2) is 8.78 Å². The molecule has 6 nitrogen and oxygen atoms in total.